The van der Waals surface area contributed by atoms with E-state index in [0.29, 0.717) is 0 Å². The van der Waals surface area contributed by atoms with Crippen molar-refractivity contribution in [3.63, 3.8) is 0 Å². The summed E-state index contributed by atoms with van der Waals surface area (Å²) in [6.45, 7) is 0. The number of hydrogen-bond acceptors (Lipinski definition) is 6. The second-order valence-corrected chi connectivity index (χ2v) is 4.43. The molecule has 0 saturated carbocycles. The van der Waals surface area contributed by atoms with E-state index in [1.54, 1.807) is 0 Å². The first-order valence-corrected chi connectivity index (χ1v) is 5.16. The zero-order valence-corrected chi connectivity index (χ0v) is 9.17. The fourth-order valence-electron chi connectivity index (χ4n) is 2.56. The molecule has 2 fully saturated rings. The molecule has 0 bridgehead atoms. The smallest absolute Gasteiger partial charge is 0.310 e. The molecule has 0 amide bonds. The van der Waals surface area contributed by atoms with Crippen LogP contribution in [-0.4, -0.2) is 45.3 Å². The van der Waals surface area contributed by atoms with E-state index in [2.05, 4.69) is 0 Å². The van der Waals surface area contributed by atoms with Gasteiger partial charge < -0.3 is 19.7 Å². The van der Waals surface area contributed by atoms with Crippen molar-refractivity contribution in [2.75, 3.05) is 0 Å². The molecule has 2 unspecified atom stereocenters. The highest BCUT2D eigenvalue weighted by Crippen LogP contribution is 2.51. The van der Waals surface area contributed by atoms with Gasteiger partial charge >= 0.3 is 23.9 Å². The van der Waals surface area contributed by atoms with Gasteiger partial charge in [0, 0.05) is 0 Å². The first-order valence-electron chi connectivity index (χ1n) is 5.16. The van der Waals surface area contributed by atoms with E-state index >= 15 is 0 Å². The molecule has 8 heteroatoms. The van der Waals surface area contributed by atoms with Crippen molar-refractivity contribution in [1.82, 2.24) is 0 Å². The van der Waals surface area contributed by atoms with Crippen molar-refractivity contribution in [3.05, 3.63) is 0 Å². The van der Waals surface area contributed by atoms with Crippen molar-refractivity contribution in [1.29, 1.82) is 0 Å². The Bertz CT molecular complexity index is 393. The number of carboxylic acid groups (broad SMARTS) is 2. The Hall–Kier alpha value is -2.12. The van der Waals surface area contributed by atoms with Crippen molar-refractivity contribution >= 4 is 23.9 Å². The van der Waals surface area contributed by atoms with E-state index in [1.807, 2.05) is 0 Å². The maximum Gasteiger partial charge on any atom is 0.310 e. The second kappa shape index (κ2) is 3.69. The van der Waals surface area contributed by atoms with Crippen LogP contribution in [0.15, 0.2) is 0 Å². The van der Waals surface area contributed by atoms with Crippen molar-refractivity contribution < 1.29 is 38.9 Å². The molecular weight excluding hydrogens is 248 g/mol. The minimum atomic E-state index is -1.70. The molecule has 0 aromatic heterocycles. The van der Waals surface area contributed by atoms with E-state index < -0.39 is 60.8 Å². The van der Waals surface area contributed by atoms with Crippen LogP contribution in [0.5, 0.6) is 0 Å². The molecule has 2 aliphatic rings. The van der Waals surface area contributed by atoms with Gasteiger partial charge in [0.05, 0.1) is 25.7 Å². The molecule has 2 rings (SSSR count). The number of aliphatic carboxylic acids is 2. The maximum absolute atomic E-state index is 11.3. The van der Waals surface area contributed by atoms with Crippen LogP contribution in [0, 0.1) is 0 Å². The molecule has 2 atom stereocenters. The summed E-state index contributed by atoms with van der Waals surface area (Å²) in [7, 11) is 0. The lowest BCUT2D eigenvalue weighted by Crippen LogP contribution is -2.50. The standard InChI is InChI=1S/C10H10O8/c11-5(12)1-9-3-7(15)18-10(9,2-6(13)14)4-8(16)17-9/h1-4H2,(H,11,12)(H,13,14). The number of hydrogen-bond donors (Lipinski definition) is 2. The van der Waals surface area contributed by atoms with E-state index in [0.717, 1.165) is 0 Å². The van der Waals surface area contributed by atoms with Gasteiger partial charge in [-0.3, -0.25) is 19.2 Å². The Balaban J connectivity index is 2.42. The number of rotatable bonds is 4. The lowest BCUT2D eigenvalue weighted by molar-refractivity contribution is -0.167. The molecule has 0 aromatic carbocycles. The van der Waals surface area contributed by atoms with E-state index in [1.165, 1.54) is 0 Å². The molecule has 0 spiro atoms. The van der Waals surface area contributed by atoms with Crippen LogP contribution in [0.4, 0.5) is 0 Å². The largest absolute Gasteiger partial charge is 0.481 e. The van der Waals surface area contributed by atoms with Gasteiger partial charge in [0.2, 0.25) is 0 Å². The number of carbonyl (C=O) groups is 4. The summed E-state index contributed by atoms with van der Waals surface area (Å²) in [6.07, 6.45) is -2.17. The monoisotopic (exact) mass is 258 g/mol. The van der Waals surface area contributed by atoms with Crippen molar-refractivity contribution in [2.24, 2.45) is 0 Å². The minimum Gasteiger partial charge on any atom is -0.481 e. The fourth-order valence-corrected chi connectivity index (χ4v) is 2.56. The topological polar surface area (TPSA) is 127 Å². The predicted octanol–water partition coefficient (Wildman–Crippen LogP) is -0.693. The van der Waals surface area contributed by atoms with E-state index in [4.69, 9.17) is 19.7 Å². The zero-order chi connectivity index (χ0) is 13.6. The van der Waals surface area contributed by atoms with Gasteiger partial charge in [-0.05, 0) is 0 Å². The third-order valence-corrected chi connectivity index (χ3v) is 3.18. The lowest BCUT2D eigenvalue weighted by atomic mass is 9.78. The molecule has 2 heterocycles. The van der Waals surface area contributed by atoms with E-state index in [9.17, 15) is 19.2 Å². The van der Waals surface area contributed by atoms with Gasteiger partial charge in [0.1, 0.15) is 0 Å². The molecule has 0 radical (unpaired) electrons. The Kier molecular flexibility index (Phi) is 2.53. The highest BCUT2D eigenvalue weighted by Gasteiger charge is 2.70. The fraction of sp³-hybridized carbons (Fsp3) is 0.600. The summed E-state index contributed by atoms with van der Waals surface area (Å²) >= 11 is 0. The van der Waals surface area contributed by atoms with Gasteiger partial charge in [0.15, 0.2) is 11.2 Å². The first-order chi connectivity index (χ1) is 8.28. The van der Waals surface area contributed by atoms with Gasteiger partial charge in [-0.15, -0.1) is 0 Å². The van der Waals surface area contributed by atoms with Crippen LogP contribution in [0.1, 0.15) is 25.7 Å². The third-order valence-electron chi connectivity index (χ3n) is 3.18. The Labute approximate surface area is 100 Å². The van der Waals surface area contributed by atoms with Gasteiger partial charge in [-0.25, -0.2) is 0 Å². The number of ether oxygens (including phenoxy) is 2. The molecule has 2 saturated heterocycles. The van der Waals surface area contributed by atoms with Crippen molar-refractivity contribution in [3.8, 4) is 0 Å². The van der Waals surface area contributed by atoms with Crippen LogP contribution >= 0.6 is 0 Å². The highest BCUT2D eigenvalue weighted by molar-refractivity contribution is 5.87. The normalized spacial score (nSPS) is 33.8. The lowest BCUT2D eigenvalue weighted by Gasteiger charge is -2.32. The third kappa shape index (κ3) is 1.69. The van der Waals surface area contributed by atoms with Gasteiger partial charge in [0.25, 0.3) is 0 Å². The molecule has 18 heavy (non-hydrogen) atoms. The maximum atomic E-state index is 11.3. The first kappa shape index (κ1) is 12.3. The Morgan fingerprint density at radius 2 is 1.28 bits per heavy atom. The molecule has 2 aliphatic heterocycles. The molecule has 8 nitrogen and oxygen atoms in total. The number of esters is 2. The summed E-state index contributed by atoms with van der Waals surface area (Å²) in [6, 6.07) is 0. The molecule has 2 N–H and O–H groups in total. The van der Waals surface area contributed by atoms with Crippen LogP contribution < -0.4 is 0 Å². The molecule has 98 valence electrons. The summed E-state index contributed by atoms with van der Waals surface area (Å²) in [5.74, 6) is -4.11. The summed E-state index contributed by atoms with van der Waals surface area (Å²) in [5, 5.41) is 17.7. The van der Waals surface area contributed by atoms with Gasteiger partial charge in [-0.1, -0.05) is 0 Å². The average molecular weight is 258 g/mol. The summed E-state index contributed by atoms with van der Waals surface area (Å²) in [5.41, 5.74) is -3.41. The average Bonchev–Trinajstić information content (AvgIpc) is 2.46. The van der Waals surface area contributed by atoms with Crippen LogP contribution in [0.3, 0.4) is 0 Å². The Morgan fingerprint density at radius 3 is 1.56 bits per heavy atom. The summed E-state index contributed by atoms with van der Waals surface area (Å²) < 4.78 is 9.86. The van der Waals surface area contributed by atoms with Crippen LogP contribution in [0.25, 0.3) is 0 Å². The van der Waals surface area contributed by atoms with Crippen molar-refractivity contribution in [2.45, 2.75) is 36.9 Å². The molecular formula is C10H10O8. The highest BCUT2D eigenvalue weighted by atomic mass is 16.6. The molecule has 0 aromatic rings. The van der Waals surface area contributed by atoms with Gasteiger partial charge in [-0.2, -0.15) is 0 Å². The SMILES string of the molecule is O=C(O)CC12CC(=O)OC1(CC(=O)O)CC(=O)O2. The molecule has 0 aliphatic carbocycles. The number of carboxylic acids is 2. The Morgan fingerprint density at radius 1 is 0.944 bits per heavy atom. The predicted molar refractivity (Wildman–Crippen MR) is 51.4 cm³/mol. The summed E-state index contributed by atoms with van der Waals surface area (Å²) in [4.78, 5) is 44.3. The second-order valence-electron chi connectivity index (χ2n) is 4.43. The quantitative estimate of drug-likeness (QED) is 0.634. The van der Waals surface area contributed by atoms with E-state index in [-0.39, 0.29) is 0 Å². The zero-order valence-electron chi connectivity index (χ0n) is 9.17. The number of carbonyl (C=O) groups excluding carboxylic acids is 2. The van der Waals surface area contributed by atoms with Crippen LogP contribution in [-0.2, 0) is 28.7 Å². The number of fused-ring (bicyclic) bond motifs is 1. The van der Waals surface area contributed by atoms with Crippen LogP contribution in [0.2, 0.25) is 0 Å². The minimum absolute atomic E-state index is 0.432.